The molecule has 0 spiro atoms. The van der Waals surface area contributed by atoms with Crippen molar-refractivity contribution < 1.29 is 0 Å². The number of fused-ring (bicyclic) bond motifs is 10. The van der Waals surface area contributed by atoms with Crippen LogP contribution < -0.4 is 0 Å². The van der Waals surface area contributed by atoms with E-state index in [0.717, 1.165) is 0 Å². The first-order valence-electron chi connectivity index (χ1n) is 28.1. The van der Waals surface area contributed by atoms with Crippen molar-refractivity contribution >= 4 is 280 Å². The summed E-state index contributed by atoms with van der Waals surface area (Å²) in [6.07, 6.45) is 0. The van der Waals surface area contributed by atoms with E-state index in [-0.39, 0.29) is 0 Å². The van der Waals surface area contributed by atoms with Gasteiger partial charge in [0.15, 0.2) is 0 Å². The summed E-state index contributed by atoms with van der Waals surface area (Å²) in [5.74, 6) is 0. The lowest BCUT2D eigenvalue weighted by Crippen LogP contribution is -2.05. The van der Waals surface area contributed by atoms with Crippen LogP contribution in [0.15, 0.2) is 158 Å². The Bertz CT molecular complexity index is 6610. The molecule has 0 unspecified atom stereocenters. The van der Waals surface area contributed by atoms with Gasteiger partial charge < -0.3 is 0 Å². The zero-order valence-electron chi connectivity index (χ0n) is 41.0. The van der Waals surface area contributed by atoms with E-state index in [9.17, 15) is 0 Å². The average Bonchev–Trinajstić information content (AvgIpc) is 2.08. The highest BCUT2D eigenvalue weighted by atomic mass is 14.4. The fraction of sp³-hybridized carbons (Fsp3) is 0. The quantitative estimate of drug-likeness (QED) is 0.105. The minimum absolute atomic E-state index is 1.37. The lowest BCUT2D eigenvalue weighted by atomic mass is 9.67. The molecule has 0 aromatic heterocycles. The third-order valence-electron chi connectivity index (χ3n) is 22.6. The first-order chi connectivity index (χ1) is 38.8. The Labute approximate surface area is 435 Å². The molecule has 0 nitrogen and oxygen atoms in total. The van der Waals surface area contributed by atoms with Crippen LogP contribution in [-0.2, 0) is 0 Å². The van der Waals surface area contributed by atoms with Crippen molar-refractivity contribution in [1.29, 1.82) is 0 Å². The molecule has 0 aliphatic heterocycles. The minimum Gasteiger partial charge on any atom is -0.0610 e. The predicted molar refractivity (Wildman–Crippen MR) is 341 cm³/mol. The predicted octanol–water partition coefficient (Wildman–Crippen LogP) is 22.7. The van der Waals surface area contributed by atoms with Gasteiger partial charge in [-0.15, -0.1) is 0 Å². The molecule has 78 heavy (non-hydrogen) atoms. The molecule has 0 bridgehead atoms. The minimum atomic E-state index is 1.37. The third kappa shape index (κ3) is 2.74. The van der Waals surface area contributed by atoms with Crippen molar-refractivity contribution in [2.24, 2.45) is 0 Å². The number of hydrogen-bond donors (Lipinski definition) is 0. The lowest BCUT2D eigenvalue weighted by molar-refractivity contribution is 1.82. The highest BCUT2D eigenvalue weighted by Crippen LogP contribution is 2.69. The summed E-state index contributed by atoms with van der Waals surface area (Å²) in [6, 6.07) is 63.8. The van der Waals surface area contributed by atoms with Gasteiger partial charge in [-0.2, -0.15) is 0 Å². The summed E-state index contributed by atoms with van der Waals surface area (Å²) in [7, 11) is 0. The van der Waals surface area contributed by atoms with Gasteiger partial charge in [-0.3, -0.25) is 0 Å². The zero-order valence-corrected chi connectivity index (χ0v) is 41.0. The lowest BCUT2D eigenvalue weighted by Gasteiger charge is -2.34. The van der Waals surface area contributed by atoms with Gasteiger partial charge in [-0.05, 0) is 280 Å². The van der Waals surface area contributed by atoms with Crippen LogP contribution >= 0.6 is 0 Å². The second-order valence-electron chi connectivity index (χ2n) is 24.8. The largest absolute Gasteiger partial charge is 0.0610 e. The van der Waals surface area contributed by atoms with E-state index in [1.165, 1.54) is 280 Å². The van der Waals surface area contributed by atoms with Crippen LogP contribution in [0.25, 0.3) is 280 Å². The van der Waals surface area contributed by atoms with Crippen LogP contribution in [0.1, 0.15) is 0 Å². The summed E-state index contributed by atoms with van der Waals surface area (Å²) in [6.45, 7) is 0. The molecule has 0 heteroatoms. The Kier molecular flexibility index (Phi) is 4.33. The molecule has 0 aliphatic rings. The van der Waals surface area contributed by atoms with E-state index in [1.54, 1.807) is 0 Å². The second kappa shape index (κ2) is 9.82. The summed E-state index contributed by atoms with van der Waals surface area (Å²) in [5, 5.41) is 74.8. The average molecular weight is 963 g/mol. The van der Waals surface area contributed by atoms with Gasteiger partial charge in [0.25, 0.3) is 0 Å². The third-order valence-corrected chi connectivity index (χ3v) is 22.6. The number of rotatable bonds is 0. The Morgan fingerprint density at radius 3 is 0.295 bits per heavy atom. The Balaban J connectivity index is 1.12. The normalized spacial score (nSPS) is 14.7. The molecule has 0 amide bonds. The fourth-order valence-electron chi connectivity index (χ4n) is 20.7. The van der Waals surface area contributed by atoms with E-state index < -0.39 is 0 Å². The van der Waals surface area contributed by atoms with Crippen molar-refractivity contribution in [1.82, 2.24) is 0 Å². The van der Waals surface area contributed by atoms with Gasteiger partial charge in [0.1, 0.15) is 0 Å². The van der Waals surface area contributed by atoms with Gasteiger partial charge in [0.05, 0.1) is 0 Å². The molecule has 0 atom stereocenters. The maximum absolute atomic E-state index is 2.56. The number of benzene rings is 27. The van der Waals surface area contributed by atoms with Gasteiger partial charge in [-0.25, -0.2) is 0 Å². The molecule has 27 rings (SSSR count). The molecule has 27 aromatic rings. The van der Waals surface area contributed by atoms with E-state index >= 15 is 0 Å². The van der Waals surface area contributed by atoms with Crippen molar-refractivity contribution in [3.63, 3.8) is 0 Å². The highest BCUT2D eigenvalue weighted by molar-refractivity contribution is 6.71. The molecule has 0 N–H and O–H groups in total. The van der Waals surface area contributed by atoms with E-state index in [2.05, 4.69) is 158 Å². The molecule has 27 aromatic carbocycles. The Morgan fingerprint density at radius 1 is 0.0769 bits per heavy atom. The van der Waals surface area contributed by atoms with Gasteiger partial charge >= 0.3 is 0 Å². The van der Waals surface area contributed by atoms with Crippen molar-refractivity contribution in [2.75, 3.05) is 0 Å². The van der Waals surface area contributed by atoms with Crippen LogP contribution in [0.2, 0.25) is 0 Å². The van der Waals surface area contributed by atoms with Crippen molar-refractivity contribution in [3.05, 3.63) is 158 Å². The smallest absolute Gasteiger partial charge is 0.000000767 e. The molecule has 0 radical (unpaired) electrons. The summed E-state index contributed by atoms with van der Waals surface area (Å²) >= 11 is 0. The maximum Gasteiger partial charge on any atom is -0.000000767 e. The Morgan fingerprint density at radius 2 is 0.167 bits per heavy atom. The zero-order chi connectivity index (χ0) is 48.4. The summed E-state index contributed by atoms with van der Waals surface area (Å²) in [5.41, 5.74) is 0. The van der Waals surface area contributed by atoms with Crippen LogP contribution in [0, 0.1) is 0 Å². The van der Waals surface area contributed by atoms with Gasteiger partial charge in [0.2, 0.25) is 0 Å². The van der Waals surface area contributed by atoms with Crippen LogP contribution in [0.4, 0.5) is 0 Å². The van der Waals surface area contributed by atoms with Crippen molar-refractivity contribution in [2.45, 2.75) is 0 Å². The summed E-state index contributed by atoms with van der Waals surface area (Å²) in [4.78, 5) is 0. The molecule has 0 aliphatic carbocycles. The monoisotopic (exact) mass is 962 g/mol. The first-order valence-corrected chi connectivity index (χ1v) is 28.1. The molecule has 0 fully saturated rings. The van der Waals surface area contributed by atoms with Crippen LogP contribution in [-0.4, -0.2) is 0 Å². The second-order valence-corrected chi connectivity index (χ2v) is 24.8. The van der Waals surface area contributed by atoms with Crippen LogP contribution in [0.3, 0.4) is 0 Å². The molecule has 0 saturated carbocycles. The molecular formula is C78H26. The number of hydrogen-bond acceptors (Lipinski definition) is 0. The van der Waals surface area contributed by atoms with E-state index in [4.69, 9.17) is 0 Å². The van der Waals surface area contributed by atoms with Gasteiger partial charge in [-0.1, -0.05) is 158 Å². The standard InChI is InChI=1S/C78H26/c1-7-27-31-11-3-15-35-39-19-23-43-45-25-21-41-37-17-5-13-33-29-9-2-10-30-34-14-6-18-38-42-22-26-46-44-24-20-40-36-16-4-12-32-28(8-1)47(27)61-63(49(31)35)67-53(39)57(43)71-73-59(45)55(41)69-65(51(33)37)62(48(29)30)66(52(34)38)70-56(42)60(46)74(78(73)76(69)70)72-58(44)54(40)68(64(61)50(32)36)75(67)77(71)72/h1-26H. The first kappa shape index (κ1) is 34.4. The molecular weight excluding hydrogens is 937 g/mol. The van der Waals surface area contributed by atoms with Crippen molar-refractivity contribution in [3.8, 4) is 0 Å². The van der Waals surface area contributed by atoms with E-state index in [0.29, 0.717) is 0 Å². The van der Waals surface area contributed by atoms with Gasteiger partial charge in [0, 0.05) is 0 Å². The fourth-order valence-corrected chi connectivity index (χ4v) is 20.7. The summed E-state index contributed by atoms with van der Waals surface area (Å²) < 4.78 is 0. The van der Waals surface area contributed by atoms with Crippen LogP contribution in [0.5, 0.6) is 0 Å². The molecule has 0 saturated heterocycles. The SMILES string of the molecule is c1cc2c3cccc4c5ccc6c7ccc8c9cccc%10c%11cccc%12c%13cccc%14c%15ccc%16c%17ccc%18c%19cccc%20c(c1)c2c1c(c34)c2c5c6c3c4c7c8c5c(c%109)c(c%11%12)c(c%13%14)c6c%15c%16c(c7c%17c%18c(c1c%20%19)c2c37)c4c56. The molecule has 338 valence electrons. The maximum atomic E-state index is 2.56. The Hall–Kier alpha value is -10.1. The van der Waals surface area contributed by atoms with E-state index in [1.807, 2.05) is 0 Å². The highest BCUT2D eigenvalue weighted by Gasteiger charge is 2.39. The molecule has 0 heterocycles. The topological polar surface area (TPSA) is 0 Å².